The van der Waals surface area contributed by atoms with Gasteiger partial charge in [0.25, 0.3) is 5.91 Å². The third-order valence-electron chi connectivity index (χ3n) is 4.11. The minimum absolute atomic E-state index is 0.0354. The van der Waals surface area contributed by atoms with Gasteiger partial charge in [-0.05, 0) is 43.4 Å². The van der Waals surface area contributed by atoms with Crippen molar-refractivity contribution in [2.45, 2.75) is 25.8 Å². The molecule has 4 nitrogen and oxygen atoms in total. The van der Waals surface area contributed by atoms with Gasteiger partial charge < -0.3 is 10.2 Å². The summed E-state index contributed by atoms with van der Waals surface area (Å²) in [6, 6.07) is 7.36. The fourth-order valence-electron chi connectivity index (χ4n) is 2.99. The zero-order valence-corrected chi connectivity index (χ0v) is 13.0. The zero-order chi connectivity index (χ0) is 14.8. The van der Waals surface area contributed by atoms with Crippen LogP contribution in [0.1, 0.15) is 30.1 Å². The van der Waals surface area contributed by atoms with Crippen LogP contribution in [-0.4, -0.2) is 35.9 Å². The maximum absolute atomic E-state index is 12.9. The first-order valence-electron chi connectivity index (χ1n) is 7.46. The maximum Gasteiger partial charge on any atom is 0.253 e. The molecule has 0 bridgehead atoms. The average Bonchev–Trinajstić information content (AvgIpc) is 2.64. The van der Waals surface area contributed by atoms with E-state index >= 15 is 0 Å². The van der Waals surface area contributed by atoms with E-state index in [1.807, 2.05) is 41.8 Å². The van der Waals surface area contributed by atoms with E-state index in [0.29, 0.717) is 12.1 Å². The molecule has 2 amide bonds. The maximum atomic E-state index is 12.9. The van der Waals surface area contributed by atoms with E-state index in [9.17, 15) is 9.59 Å². The number of carbonyl (C=O) groups is 2. The van der Waals surface area contributed by atoms with Crippen LogP contribution in [0.5, 0.6) is 0 Å². The van der Waals surface area contributed by atoms with Crippen molar-refractivity contribution in [3.63, 3.8) is 0 Å². The molecule has 0 spiro atoms. The van der Waals surface area contributed by atoms with Crippen molar-refractivity contribution in [2.75, 3.05) is 23.0 Å². The predicted octanol–water partition coefficient (Wildman–Crippen LogP) is 2.29. The first-order valence-corrected chi connectivity index (χ1v) is 8.61. The topological polar surface area (TPSA) is 49.4 Å². The quantitative estimate of drug-likeness (QED) is 0.866. The number of para-hydroxylation sites is 1. The lowest BCUT2D eigenvalue weighted by Gasteiger charge is -2.30. The number of thioether (sulfide) groups is 1. The summed E-state index contributed by atoms with van der Waals surface area (Å²) in [6.07, 6.45) is 1.88. The Morgan fingerprint density at radius 2 is 2.00 bits per heavy atom. The molecule has 1 atom stereocenters. The molecule has 21 heavy (non-hydrogen) atoms. The largest absolute Gasteiger partial charge is 0.348 e. The molecule has 5 heteroatoms. The number of anilines is 1. The first kappa shape index (κ1) is 14.4. The van der Waals surface area contributed by atoms with E-state index in [1.165, 1.54) is 0 Å². The second-order valence-electron chi connectivity index (χ2n) is 5.73. The molecule has 1 aromatic carbocycles. The van der Waals surface area contributed by atoms with Gasteiger partial charge in [0.15, 0.2) is 0 Å². The molecule has 1 unspecified atom stereocenters. The molecule has 0 saturated carbocycles. The third-order valence-corrected chi connectivity index (χ3v) is 5.16. The smallest absolute Gasteiger partial charge is 0.253 e. The van der Waals surface area contributed by atoms with Gasteiger partial charge in [-0.15, -0.1) is 0 Å². The molecule has 0 aromatic heterocycles. The second kappa shape index (κ2) is 6.10. The van der Waals surface area contributed by atoms with Crippen LogP contribution in [0.25, 0.3) is 0 Å². The van der Waals surface area contributed by atoms with Crippen LogP contribution in [-0.2, 0) is 4.79 Å². The lowest BCUT2D eigenvalue weighted by molar-refractivity contribution is -0.122. The number of nitrogens with one attached hydrogen (secondary N) is 1. The van der Waals surface area contributed by atoms with Crippen LogP contribution in [0.15, 0.2) is 24.3 Å². The summed E-state index contributed by atoms with van der Waals surface area (Å²) in [7, 11) is 0. The monoisotopic (exact) mass is 304 g/mol. The highest BCUT2D eigenvalue weighted by Gasteiger charge is 2.32. The lowest BCUT2D eigenvalue weighted by atomic mass is 10.00. The van der Waals surface area contributed by atoms with Crippen LogP contribution in [0.4, 0.5) is 5.69 Å². The number of hydrogen-bond donors (Lipinski definition) is 1. The van der Waals surface area contributed by atoms with Crippen molar-refractivity contribution in [1.29, 1.82) is 0 Å². The van der Waals surface area contributed by atoms with Gasteiger partial charge in [-0.3, -0.25) is 9.59 Å². The van der Waals surface area contributed by atoms with Crippen LogP contribution in [0, 0.1) is 5.92 Å². The van der Waals surface area contributed by atoms with Crippen molar-refractivity contribution >= 4 is 29.3 Å². The Hall–Kier alpha value is -1.49. The highest BCUT2D eigenvalue weighted by molar-refractivity contribution is 7.99. The van der Waals surface area contributed by atoms with Crippen LogP contribution >= 0.6 is 11.8 Å². The molecule has 0 aliphatic carbocycles. The van der Waals surface area contributed by atoms with Crippen molar-refractivity contribution < 1.29 is 9.59 Å². The van der Waals surface area contributed by atoms with Crippen LogP contribution < -0.4 is 10.2 Å². The fourth-order valence-corrected chi connectivity index (χ4v) is 4.10. The number of carbonyl (C=O) groups excluding carboxylic acids is 2. The number of fused-ring (bicyclic) bond motifs is 1. The summed E-state index contributed by atoms with van der Waals surface area (Å²) in [5.41, 5.74) is 1.35. The first-order chi connectivity index (χ1) is 10.2. The van der Waals surface area contributed by atoms with E-state index in [1.54, 1.807) is 6.07 Å². The molecule has 2 aliphatic rings. The molecular formula is C16H20N2O2S. The summed E-state index contributed by atoms with van der Waals surface area (Å²) in [4.78, 5) is 26.9. The third kappa shape index (κ3) is 2.93. The van der Waals surface area contributed by atoms with Gasteiger partial charge in [-0.2, -0.15) is 11.8 Å². The van der Waals surface area contributed by atoms with Gasteiger partial charge in [-0.1, -0.05) is 12.1 Å². The minimum atomic E-state index is -0.0902. The van der Waals surface area contributed by atoms with Gasteiger partial charge >= 0.3 is 0 Å². The van der Waals surface area contributed by atoms with Gasteiger partial charge in [0.1, 0.15) is 0 Å². The number of amides is 2. The summed E-state index contributed by atoms with van der Waals surface area (Å²) in [5.74, 6) is 2.29. The van der Waals surface area contributed by atoms with Crippen molar-refractivity contribution in [3.8, 4) is 0 Å². The molecule has 1 aromatic rings. The Morgan fingerprint density at radius 3 is 2.76 bits per heavy atom. The molecule has 3 rings (SSSR count). The van der Waals surface area contributed by atoms with Crippen molar-refractivity contribution in [2.24, 2.45) is 5.92 Å². The van der Waals surface area contributed by atoms with E-state index in [0.717, 1.165) is 30.0 Å². The summed E-state index contributed by atoms with van der Waals surface area (Å²) >= 11 is 1.92. The molecule has 0 radical (unpaired) electrons. The average molecular weight is 304 g/mol. The van der Waals surface area contributed by atoms with Gasteiger partial charge in [0, 0.05) is 18.5 Å². The summed E-state index contributed by atoms with van der Waals surface area (Å²) < 4.78 is 0. The number of benzene rings is 1. The highest BCUT2D eigenvalue weighted by Crippen LogP contribution is 2.29. The Kier molecular flexibility index (Phi) is 4.19. The molecular weight excluding hydrogens is 284 g/mol. The van der Waals surface area contributed by atoms with Crippen molar-refractivity contribution in [1.82, 2.24) is 5.32 Å². The lowest BCUT2D eigenvalue weighted by Crippen LogP contribution is -2.44. The molecule has 2 heterocycles. The Morgan fingerprint density at radius 1 is 1.29 bits per heavy atom. The van der Waals surface area contributed by atoms with Gasteiger partial charge in [-0.25, -0.2) is 0 Å². The molecule has 2 aliphatic heterocycles. The fraction of sp³-hybridized carbons (Fsp3) is 0.500. The van der Waals surface area contributed by atoms with Crippen LogP contribution in [0.2, 0.25) is 0 Å². The number of nitrogens with zero attached hydrogens (tertiary/aromatic N) is 1. The molecule has 1 saturated heterocycles. The highest BCUT2D eigenvalue weighted by atomic mass is 32.2. The number of hydrogen-bond acceptors (Lipinski definition) is 3. The summed E-state index contributed by atoms with van der Waals surface area (Å²) in [5, 5.41) is 2.95. The zero-order valence-electron chi connectivity index (χ0n) is 12.2. The minimum Gasteiger partial charge on any atom is -0.348 e. The van der Waals surface area contributed by atoms with E-state index in [4.69, 9.17) is 0 Å². The summed E-state index contributed by atoms with van der Waals surface area (Å²) in [6.45, 7) is 2.49. The van der Waals surface area contributed by atoms with E-state index < -0.39 is 0 Å². The van der Waals surface area contributed by atoms with Crippen molar-refractivity contribution in [3.05, 3.63) is 29.8 Å². The molecule has 112 valence electrons. The van der Waals surface area contributed by atoms with Gasteiger partial charge in [0.2, 0.25) is 5.91 Å². The standard InChI is InChI=1S/C16H20N2O2S/c1-11-10-18(16(20)12-6-8-21-9-7-12)14-5-3-2-4-13(14)15(19)17-11/h2-5,11-12H,6-10H2,1H3,(H,17,19). The normalized spacial score (nSPS) is 23.2. The SMILES string of the molecule is CC1CN(C(=O)C2CCSCC2)c2ccccc2C(=O)N1. The van der Waals surface area contributed by atoms with E-state index in [2.05, 4.69) is 5.32 Å². The van der Waals surface area contributed by atoms with Crippen LogP contribution in [0.3, 0.4) is 0 Å². The Bertz CT molecular complexity index is 555. The van der Waals surface area contributed by atoms with E-state index in [-0.39, 0.29) is 23.8 Å². The predicted molar refractivity (Wildman–Crippen MR) is 85.8 cm³/mol. The molecule has 1 N–H and O–H groups in total. The second-order valence-corrected chi connectivity index (χ2v) is 6.95. The molecule has 1 fully saturated rings. The van der Waals surface area contributed by atoms with Gasteiger partial charge in [0.05, 0.1) is 11.3 Å². The Labute approximate surface area is 129 Å². The number of rotatable bonds is 1. The Balaban J connectivity index is 1.93.